The number of carbonyl (C=O) groups is 2. The van der Waals surface area contributed by atoms with Crippen LogP contribution < -0.4 is 0 Å². The van der Waals surface area contributed by atoms with E-state index in [4.69, 9.17) is 4.74 Å². The minimum Gasteiger partial charge on any atom is -0.457 e. The van der Waals surface area contributed by atoms with Gasteiger partial charge in [-0.05, 0) is 38.0 Å². The van der Waals surface area contributed by atoms with E-state index in [1.807, 2.05) is 13.8 Å². The fraction of sp³-hybridized carbons (Fsp3) is 0.333. The number of benzene rings is 1. The van der Waals surface area contributed by atoms with Crippen LogP contribution in [0.1, 0.15) is 44.3 Å². The molecular formula is C12H12O3. The van der Waals surface area contributed by atoms with Crippen LogP contribution in [-0.4, -0.2) is 11.8 Å². The normalized spacial score (nSPS) is 13.7. The average Bonchev–Trinajstić information content (AvgIpc) is 2.47. The van der Waals surface area contributed by atoms with Gasteiger partial charge in [-0.25, -0.2) is 4.79 Å². The summed E-state index contributed by atoms with van der Waals surface area (Å²) in [5.74, 6) is -0.251. The maximum Gasteiger partial charge on any atom is 0.338 e. The predicted molar refractivity (Wildman–Crippen MR) is 55.0 cm³/mol. The number of aryl methyl sites for hydroxylation is 1. The molecule has 0 unspecified atom stereocenters. The molecule has 0 saturated heterocycles. The minimum absolute atomic E-state index is 0.0344. The highest BCUT2D eigenvalue weighted by atomic mass is 16.5. The zero-order valence-corrected chi connectivity index (χ0v) is 9.01. The molecule has 1 aliphatic rings. The molecular weight excluding hydrogens is 192 g/mol. The second-order valence-electron chi connectivity index (χ2n) is 3.85. The van der Waals surface area contributed by atoms with Crippen molar-refractivity contribution >= 4 is 11.8 Å². The Morgan fingerprint density at radius 3 is 2.67 bits per heavy atom. The largest absolute Gasteiger partial charge is 0.457 e. The van der Waals surface area contributed by atoms with Crippen LogP contribution in [0.5, 0.6) is 0 Å². The lowest BCUT2D eigenvalue weighted by molar-refractivity contribution is 0.0535. The van der Waals surface area contributed by atoms with Gasteiger partial charge in [0.2, 0.25) is 0 Å². The second-order valence-corrected chi connectivity index (χ2v) is 3.85. The Hall–Kier alpha value is -1.64. The first kappa shape index (κ1) is 9.90. The van der Waals surface area contributed by atoms with E-state index in [-0.39, 0.29) is 11.8 Å². The van der Waals surface area contributed by atoms with Crippen molar-refractivity contribution in [2.45, 2.75) is 27.4 Å². The summed E-state index contributed by atoms with van der Waals surface area (Å²) < 4.78 is 4.94. The molecule has 15 heavy (non-hydrogen) atoms. The maximum atomic E-state index is 11.4. The molecule has 2 rings (SSSR count). The third-order valence-electron chi connectivity index (χ3n) is 2.83. The molecule has 3 nitrogen and oxygen atoms in total. The Morgan fingerprint density at radius 1 is 1.40 bits per heavy atom. The van der Waals surface area contributed by atoms with E-state index in [2.05, 4.69) is 0 Å². The maximum absolute atomic E-state index is 11.4. The van der Waals surface area contributed by atoms with Crippen LogP contribution >= 0.6 is 0 Å². The van der Waals surface area contributed by atoms with E-state index in [1.54, 1.807) is 13.0 Å². The second kappa shape index (κ2) is 3.19. The van der Waals surface area contributed by atoms with Crippen molar-refractivity contribution in [3.8, 4) is 0 Å². The zero-order chi connectivity index (χ0) is 11.2. The number of cyclic esters (lactones) is 1. The van der Waals surface area contributed by atoms with Crippen molar-refractivity contribution in [1.29, 1.82) is 0 Å². The highest BCUT2D eigenvalue weighted by Gasteiger charge is 2.26. The van der Waals surface area contributed by atoms with Crippen LogP contribution in [-0.2, 0) is 11.3 Å². The van der Waals surface area contributed by atoms with Crippen molar-refractivity contribution in [2.24, 2.45) is 0 Å². The van der Waals surface area contributed by atoms with Gasteiger partial charge in [-0.1, -0.05) is 0 Å². The van der Waals surface area contributed by atoms with Gasteiger partial charge in [0, 0.05) is 11.1 Å². The topological polar surface area (TPSA) is 43.4 Å². The summed E-state index contributed by atoms with van der Waals surface area (Å²) in [5.41, 5.74) is 3.90. The van der Waals surface area contributed by atoms with E-state index in [1.165, 1.54) is 0 Å². The van der Waals surface area contributed by atoms with Crippen LogP contribution in [0.15, 0.2) is 6.07 Å². The smallest absolute Gasteiger partial charge is 0.338 e. The highest BCUT2D eigenvalue weighted by molar-refractivity contribution is 6.01. The van der Waals surface area contributed by atoms with E-state index in [9.17, 15) is 9.59 Å². The summed E-state index contributed by atoms with van der Waals surface area (Å²) >= 11 is 0. The van der Waals surface area contributed by atoms with Gasteiger partial charge in [-0.3, -0.25) is 4.79 Å². The quantitative estimate of drug-likeness (QED) is 0.520. The third kappa shape index (κ3) is 1.35. The summed E-state index contributed by atoms with van der Waals surface area (Å²) in [6.45, 7) is 5.54. The van der Waals surface area contributed by atoms with E-state index < -0.39 is 0 Å². The fourth-order valence-electron chi connectivity index (χ4n) is 2.15. The number of rotatable bonds is 1. The Morgan fingerprint density at radius 2 is 2.07 bits per heavy atom. The molecule has 0 aromatic heterocycles. The van der Waals surface area contributed by atoms with Gasteiger partial charge in [0.05, 0.1) is 5.56 Å². The average molecular weight is 204 g/mol. The van der Waals surface area contributed by atoms with E-state index in [0.29, 0.717) is 17.7 Å². The Labute approximate surface area is 88.1 Å². The number of fused-ring (bicyclic) bond motifs is 1. The van der Waals surface area contributed by atoms with Crippen molar-refractivity contribution in [1.82, 2.24) is 0 Å². The first-order valence-electron chi connectivity index (χ1n) is 4.83. The van der Waals surface area contributed by atoms with Gasteiger partial charge in [-0.15, -0.1) is 0 Å². The molecule has 78 valence electrons. The van der Waals surface area contributed by atoms with Crippen LogP contribution in [0.2, 0.25) is 0 Å². The molecule has 0 fully saturated rings. The molecule has 1 aromatic rings. The Balaban J connectivity index is 2.74. The monoisotopic (exact) mass is 204 g/mol. The molecule has 0 bridgehead atoms. The molecule has 1 aliphatic heterocycles. The van der Waals surface area contributed by atoms with Crippen molar-refractivity contribution < 1.29 is 14.3 Å². The highest BCUT2D eigenvalue weighted by Crippen LogP contribution is 2.28. The molecule has 0 radical (unpaired) electrons. The zero-order valence-electron chi connectivity index (χ0n) is 9.01. The van der Waals surface area contributed by atoms with Crippen LogP contribution in [0, 0.1) is 13.8 Å². The first-order chi connectivity index (χ1) is 7.02. The lowest BCUT2D eigenvalue weighted by atomic mass is 9.92. The van der Waals surface area contributed by atoms with Crippen molar-refractivity contribution in [2.75, 3.05) is 0 Å². The number of Topliss-reactive ketones (excluding diaryl/α,β-unsaturated/α-hetero) is 1. The Kier molecular flexibility index (Phi) is 2.11. The molecule has 0 aliphatic carbocycles. The van der Waals surface area contributed by atoms with Crippen LogP contribution in [0.3, 0.4) is 0 Å². The fourth-order valence-corrected chi connectivity index (χ4v) is 2.15. The summed E-state index contributed by atoms with van der Waals surface area (Å²) in [4.78, 5) is 22.8. The van der Waals surface area contributed by atoms with Gasteiger partial charge >= 0.3 is 5.97 Å². The molecule has 1 aromatic carbocycles. The minimum atomic E-state index is -0.286. The summed E-state index contributed by atoms with van der Waals surface area (Å²) in [6.07, 6.45) is 0. The molecule has 1 heterocycles. The number of hydrogen-bond donors (Lipinski definition) is 0. The molecule has 0 saturated carbocycles. The number of ether oxygens (including phenoxy) is 1. The molecule has 0 amide bonds. The predicted octanol–water partition coefficient (Wildman–Crippen LogP) is 2.18. The molecule has 0 spiro atoms. The molecule has 3 heteroatoms. The summed E-state index contributed by atoms with van der Waals surface area (Å²) in [5, 5.41) is 0. The number of esters is 1. The van der Waals surface area contributed by atoms with Gasteiger partial charge in [-0.2, -0.15) is 0 Å². The van der Waals surface area contributed by atoms with Crippen LogP contribution in [0.4, 0.5) is 0 Å². The summed E-state index contributed by atoms with van der Waals surface area (Å²) in [7, 11) is 0. The van der Waals surface area contributed by atoms with Gasteiger partial charge in [0.1, 0.15) is 6.61 Å². The Bertz CT molecular complexity index is 472. The van der Waals surface area contributed by atoms with Crippen molar-refractivity contribution in [3.05, 3.63) is 33.9 Å². The van der Waals surface area contributed by atoms with Gasteiger partial charge < -0.3 is 4.74 Å². The van der Waals surface area contributed by atoms with E-state index >= 15 is 0 Å². The lowest BCUT2D eigenvalue weighted by Crippen LogP contribution is -2.05. The molecule has 0 N–H and O–H groups in total. The number of carbonyl (C=O) groups excluding carboxylic acids is 2. The number of hydrogen-bond acceptors (Lipinski definition) is 3. The van der Waals surface area contributed by atoms with Crippen molar-refractivity contribution in [3.63, 3.8) is 0 Å². The number of ketones is 1. The van der Waals surface area contributed by atoms with Gasteiger partial charge in [0.15, 0.2) is 5.78 Å². The molecule has 0 atom stereocenters. The lowest BCUT2D eigenvalue weighted by Gasteiger charge is -2.09. The third-order valence-corrected chi connectivity index (χ3v) is 2.83. The summed E-state index contributed by atoms with van der Waals surface area (Å²) in [6, 6.07) is 1.74. The standard InChI is InChI=1S/C12H12O3/c1-6-4-9-10(5-15-12(9)14)7(2)11(6)8(3)13/h4H,5H2,1-3H3. The SMILES string of the molecule is CC(=O)c1c(C)cc2c(c1C)COC2=O. The van der Waals surface area contributed by atoms with E-state index in [0.717, 1.165) is 16.7 Å². The van der Waals surface area contributed by atoms with Crippen LogP contribution in [0.25, 0.3) is 0 Å². The first-order valence-corrected chi connectivity index (χ1v) is 4.83. The van der Waals surface area contributed by atoms with Gasteiger partial charge in [0.25, 0.3) is 0 Å².